The summed E-state index contributed by atoms with van der Waals surface area (Å²) in [5.41, 5.74) is 0.420. The van der Waals surface area contributed by atoms with E-state index in [-0.39, 0.29) is 11.7 Å². The van der Waals surface area contributed by atoms with E-state index < -0.39 is 0 Å². The number of rotatable bonds is 5. The maximum atomic E-state index is 12.8. The molecule has 1 aromatic carbocycles. The highest BCUT2D eigenvalue weighted by molar-refractivity contribution is 5.94. The zero-order chi connectivity index (χ0) is 16.1. The van der Waals surface area contributed by atoms with Crippen LogP contribution in [0, 0.1) is 5.82 Å². The highest BCUT2D eigenvalue weighted by Gasteiger charge is 2.09. The molecule has 0 saturated carbocycles. The maximum Gasteiger partial charge on any atom is 0.251 e. The number of carbonyl (C=O) groups excluding carboxylic acids is 1. The van der Waals surface area contributed by atoms with Gasteiger partial charge in [0.2, 0.25) is 0 Å². The standard InChI is InChI=1S/C16H14FN5O/c17-13-4-2-12(3-5-13)16(23)21-9-11-22-10-8-20-15(22)14-18-6-1-7-19-14/h1-8,10H,9,11H2,(H,21,23). The van der Waals surface area contributed by atoms with E-state index in [9.17, 15) is 9.18 Å². The molecule has 0 atom stereocenters. The van der Waals surface area contributed by atoms with Gasteiger partial charge in [0.25, 0.3) is 5.91 Å². The number of hydrogen-bond donors (Lipinski definition) is 1. The van der Waals surface area contributed by atoms with Crippen molar-refractivity contribution in [3.8, 4) is 11.6 Å². The first kappa shape index (κ1) is 14.8. The van der Waals surface area contributed by atoms with Crippen LogP contribution in [0.25, 0.3) is 11.6 Å². The molecule has 1 N–H and O–H groups in total. The van der Waals surface area contributed by atoms with Gasteiger partial charge in [0.05, 0.1) is 0 Å². The second-order valence-corrected chi connectivity index (χ2v) is 4.78. The number of nitrogens with one attached hydrogen (secondary N) is 1. The molecule has 2 heterocycles. The lowest BCUT2D eigenvalue weighted by atomic mass is 10.2. The van der Waals surface area contributed by atoms with E-state index in [1.165, 1.54) is 24.3 Å². The molecule has 0 aliphatic carbocycles. The number of carbonyl (C=O) groups is 1. The highest BCUT2D eigenvalue weighted by atomic mass is 19.1. The van der Waals surface area contributed by atoms with Crippen molar-refractivity contribution in [2.24, 2.45) is 0 Å². The molecule has 2 aromatic heterocycles. The summed E-state index contributed by atoms with van der Waals surface area (Å²) in [5, 5.41) is 2.78. The fourth-order valence-electron chi connectivity index (χ4n) is 2.10. The van der Waals surface area contributed by atoms with Crippen molar-refractivity contribution < 1.29 is 9.18 Å². The molecule has 0 saturated heterocycles. The summed E-state index contributed by atoms with van der Waals surface area (Å²) in [6, 6.07) is 7.15. The van der Waals surface area contributed by atoms with Gasteiger partial charge in [0.15, 0.2) is 11.6 Å². The minimum atomic E-state index is -0.368. The third-order valence-electron chi connectivity index (χ3n) is 3.23. The fraction of sp³-hybridized carbons (Fsp3) is 0.125. The van der Waals surface area contributed by atoms with Gasteiger partial charge in [0.1, 0.15) is 5.82 Å². The van der Waals surface area contributed by atoms with E-state index in [0.717, 1.165) is 0 Å². The third kappa shape index (κ3) is 3.57. The molecule has 116 valence electrons. The van der Waals surface area contributed by atoms with Gasteiger partial charge in [0, 0.05) is 43.4 Å². The first-order valence-electron chi connectivity index (χ1n) is 7.06. The summed E-state index contributed by atoms with van der Waals surface area (Å²) in [4.78, 5) is 24.5. The van der Waals surface area contributed by atoms with Crippen molar-refractivity contribution in [1.82, 2.24) is 24.8 Å². The molecule has 3 aromatic rings. The van der Waals surface area contributed by atoms with Crippen molar-refractivity contribution in [2.75, 3.05) is 6.54 Å². The van der Waals surface area contributed by atoms with Crippen LogP contribution >= 0.6 is 0 Å². The summed E-state index contributed by atoms with van der Waals surface area (Å²) in [5.74, 6) is 0.555. The SMILES string of the molecule is O=C(NCCn1ccnc1-c1ncccn1)c1ccc(F)cc1. The Labute approximate surface area is 132 Å². The monoisotopic (exact) mass is 311 g/mol. The Morgan fingerprint density at radius 2 is 1.83 bits per heavy atom. The molecule has 3 rings (SSSR count). The van der Waals surface area contributed by atoms with Gasteiger partial charge < -0.3 is 9.88 Å². The summed E-state index contributed by atoms with van der Waals surface area (Å²) in [7, 11) is 0. The molecule has 6 nitrogen and oxygen atoms in total. The predicted molar refractivity (Wildman–Crippen MR) is 82.0 cm³/mol. The van der Waals surface area contributed by atoms with E-state index in [1.807, 2.05) is 4.57 Å². The zero-order valence-corrected chi connectivity index (χ0v) is 12.2. The summed E-state index contributed by atoms with van der Waals surface area (Å²) in [6.45, 7) is 0.937. The number of aromatic nitrogens is 4. The topological polar surface area (TPSA) is 72.7 Å². The van der Waals surface area contributed by atoms with Crippen molar-refractivity contribution in [1.29, 1.82) is 0 Å². The van der Waals surface area contributed by atoms with Crippen LogP contribution in [-0.4, -0.2) is 32.0 Å². The first-order valence-corrected chi connectivity index (χ1v) is 7.06. The van der Waals surface area contributed by atoms with Crippen LogP contribution in [0.15, 0.2) is 55.1 Å². The summed E-state index contributed by atoms with van der Waals surface area (Å²) < 4.78 is 14.7. The quantitative estimate of drug-likeness (QED) is 0.781. The van der Waals surface area contributed by atoms with Crippen molar-refractivity contribution in [3.63, 3.8) is 0 Å². The lowest BCUT2D eigenvalue weighted by Gasteiger charge is -2.08. The molecule has 0 aliphatic rings. The molecule has 0 aliphatic heterocycles. The second kappa shape index (κ2) is 6.78. The Morgan fingerprint density at radius 3 is 2.57 bits per heavy atom. The molecule has 7 heteroatoms. The van der Waals surface area contributed by atoms with Gasteiger partial charge in [-0.15, -0.1) is 0 Å². The molecule has 1 amide bonds. The molecule has 0 bridgehead atoms. The smallest absolute Gasteiger partial charge is 0.251 e. The van der Waals surface area contributed by atoms with Gasteiger partial charge in [-0.2, -0.15) is 0 Å². The van der Waals surface area contributed by atoms with E-state index in [1.54, 1.807) is 30.9 Å². The molecular formula is C16H14FN5O. The van der Waals surface area contributed by atoms with Crippen molar-refractivity contribution in [2.45, 2.75) is 6.54 Å². The predicted octanol–water partition coefficient (Wildman–Crippen LogP) is 1.91. The number of imidazole rings is 1. The number of amides is 1. The summed E-state index contributed by atoms with van der Waals surface area (Å²) in [6.07, 6.45) is 6.76. The lowest BCUT2D eigenvalue weighted by molar-refractivity contribution is 0.0952. The number of nitrogens with zero attached hydrogens (tertiary/aromatic N) is 4. The largest absolute Gasteiger partial charge is 0.350 e. The first-order chi connectivity index (χ1) is 11.2. The Bertz CT molecular complexity index is 786. The number of hydrogen-bond acceptors (Lipinski definition) is 4. The van der Waals surface area contributed by atoms with E-state index >= 15 is 0 Å². The minimum absolute atomic E-state index is 0.248. The molecule has 0 radical (unpaired) electrons. The van der Waals surface area contributed by atoms with Gasteiger partial charge in [-0.3, -0.25) is 4.79 Å². The van der Waals surface area contributed by atoms with Gasteiger partial charge >= 0.3 is 0 Å². The van der Waals surface area contributed by atoms with Crippen LogP contribution in [0.5, 0.6) is 0 Å². The number of halogens is 1. The van der Waals surface area contributed by atoms with E-state index in [2.05, 4.69) is 20.3 Å². The van der Waals surface area contributed by atoms with Crippen LogP contribution in [0.1, 0.15) is 10.4 Å². The van der Waals surface area contributed by atoms with Gasteiger partial charge in [-0.25, -0.2) is 19.3 Å². The Hall–Kier alpha value is -3.09. The van der Waals surface area contributed by atoms with Crippen LogP contribution in [0.3, 0.4) is 0 Å². The average Bonchev–Trinajstić information content (AvgIpc) is 3.05. The molecule has 0 unspecified atom stereocenters. The van der Waals surface area contributed by atoms with E-state index in [4.69, 9.17) is 0 Å². The number of benzene rings is 1. The van der Waals surface area contributed by atoms with Crippen LogP contribution in [-0.2, 0) is 6.54 Å². The van der Waals surface area contributed by atoms with Crippen LogP contribution in [0.4, 0.5) is 4.39 Å². The van der Waals surface area contributed by atoms with Crippen molar-refractivity contribution >= 4 is 5.91 Å². The average molecular weight is 311 g/mol. The molecular weight excluding hydrogens is 297 g/mol. The molecule has 0 spiro atoms. The maximum absolute atomic E-state index is 12.8. The Morgan fingerprint density at radius 1 is 1.09 bits per heavy atom. The van der Waals surface area contributed by atoms with E-state index in [0.29, 0.717) is 30.3 Å². The van der Waals surface area contributed by atoms with Crippen LogP contribution < -0.4 is 5.32 Å². The Kier molecular flexibility index (Phi) is 4.37. The second-order valence-electron chi connectivity index (χ2n) is 4.78. The van der Waals surface area contributed by atoms with Crippen LogP contribution in [0.2, 0.25) is 0 Å². The summed E-state index contributed by atoms with van der Waals surface area (Å²) >= 11 is 0. The zero-order valence-electron chi connectivity index (χ0n) is 12.2. The highest BCUT2D eigenvalue weighted by Crippen LogP contribution is 2.10. The minimum Gasteiger partial charge on any atom is -0.350 e. The van der Waals surface area contributed by atoms with Gasteiger partial charge in [-0.1, -0.05) is 0 Å². The Balaban J connectivity index is 1.60. The van der Waals surface area contributed by atoms with Crippen molar-refractivity contribution in [3.05, 3.63) is 66.5 Å². The fourth-order valence-corrected chi connectivity index (χ4v) is 2.10. The molecule has 23 heavy (non-hydrogen) atoms. The van der Waals surface area contributed by atoms with Gasteiger partial charge in [-0.05, 0) is 30.3 Å². The molecule has 0 fully saturated rings. The normalized spacial score (nSPS) is 10.5. The lowest BCUT2D eigenvalue weighted by Crippen LogP contribution is -2.27. The third-order valence-corrected chi connectivity index (χ3v) is 3.23.